The van der Waals surface area contributed by atoms with Crippen molar-refractivity contribution in [2.24, 2.45) is 0 Å². The van der Waals surface area contributed by atoms with Gasteiger partial charge in [-0.2, -0.15) is 0 Å². The Kier molecular flexibility index (Phi) is 6.53. The van der Waals surface area contributed by atoms with Crippen molar-refractivity contribution in [3.05, 3.63) is 77.6 Å². The summed E-state index contributed by atoms with van der Waals surface area (Å²) in [4.78, 5) is 32.5. The number of amides is 3. The van der Waals surface area contributed by atoms with Crippen molar-refractivity contribution in [3.8, 4) is 5.75 Å². The molecule has 0 fully saturated rings. The highest BCUT2D eigenvalue weighted by atomic mass is 19.4. The van der Waals surface area contributed by atoms with Crippen LogP contribution < -0.4 is 15.4 Å². The first-order valence-electron chi connectivity index (χ1n) is 9.07. The van der Waals surface area contributed by atoms with Crippen molar-refractivity contribution in [1.29, 1.82) is 0 Å². The molecule has 0 spiro atoms. The van der Waals surface area contributed by atoms with Crippen LogP contribution in [0.25, 0.3) is 0 Å². The molecule has 1 aromatic carbocycles. The zero-order chi connectivity index (χ0) is 22.4. The van der Waals surface area contributed by atoms with E-state index in [1.54, 1.807) is 35.0 Å². The second kappa shape index (κ2) is 9.28. The number of nitrogens with zero attached hydrogens (tertiary/aromatic N) is 3. The summed E-state index contributed by atoms with van der Waals surface area (Å²) in [7, 11) is 1.37. The first kappa shape index (κ1) is 21.8. The van der Waals surface area contributed by atoms with Crippen LogP contribution in [0.1, 0.15) is 27.6 Å². The number of ether oxygens (including phenoxy) is 1. The van der Waals surface area contributed by atoms with E-state index < -0.39 is 18.3 Å². The fraction of sp³-hybridized carbons (Fsp3) is 0.200. The average Bonchev–Trinajstić information content (AvgIpc) is 3.10. The highest BCUT2D eigenvalue weighted by molar-refractivity contribution is 6.03. The Bertz CT molecular complexity index is 1070. The molecule has 8 nitrogen and oxygen atoms in total. The number of halogens is 3. The van der Waals surface area contributed by atoms with Gasteiger partial charge in [-0.05, 0) is 29.8 Å². The number of hydrogen-bond acceptors (Lipinski definition) is 5. The van der Waals surface area contributed by atoms with E-state index in [1.807, 2.05) is 0 Å². The molecule has 3 aromatic rings. The molecule has 2 N–H and O–H groups in total. The van der Waals surface area contributed by atoms with Crippen LogP contribution in [0, 0.1) is 0 Å². The summed E-state index contributed by atoms with van der Waals surface area (Å²) >= 11 is 0. The molecule has 3 rings (SSSR count). The van der Waals surface area contributed by atoms with Crippen LogP contribution in [-0.2, 0) is 13.0 Å². The summed E-state index contributed by atoms with van der Waals surface area (Å²) in [5, 5.41) is 4.46. The Morgan fingerprint density at radius 1 is 1.13 bits per heavy atom. The summed E-state index contributed by atoms with van der Waals surface area (Å²) < 4.78 is 43.0. The molecule has 2 heterocycles. The molecule has 0 aliphatic rings. The van der Waals surface area contributed by atoms with E-state index in [1.165, 1.54) is 31.4 Å². The van der Waals surface area contributed by atoms with Gasteiger partial charge >= 0.3 is 12.4 Å². The molecule has 0 unspecified atom stereocenters. The number of aromatic nitrogens is 3. The molecule has 11 heteroatoms. The second-order valence-corrected chi connectivity index (χ2v) is 6.37. The quantitative estimate of drug-likeness (QED) is 0.623. The molecule has 0 atom stereocenters. The van der Waals surface area contributed by atoms with Gasteiger partial charge in [-0.25, -0.2) is 9.78 Å². The highest BCUT2D eigenvalue weighted by Crippen LogP contribution is 2.24. The fourth-order valence-electron chi connectivity index (χ4n) is 2.83. The number of nitrogens with one attached hydrogen (secondary N) is 2. The molecule has 0 saturated carbocycles. The van der Waals surface area contributed by atoms with Crippen molar-refractivity contribution < 1.29 is 27.5 Å². The molecular weight excluding hydrogens is 415 g/mol. The van der Waals surface area contributed by atoms with Gasteiger partial charge in [-0.1, -0.05) is 18.2 Å². The van der Waals surface area contributed by atoms with Crippen LogP contribution in [0.5, 0.6) is 5.75 Å². The minimum Gasteiger partial charge on any atom is -0.406 e. The number of urea groups is 1. The monoisotopic (exact) mass is 433 g/mol. The molecule has 2 aromatic heterocycles. The number of pyridine rings is 1. The Balaban J connectivity index is 1.92. The van der Waals surface area contributed by atoms with Crippen LogP contribution in [0.2, 0.25) is 0 Å². The number of imidazole rings is 1. The minimum atomic E-state index is -4.80. The maximum absolute atomic E-state index is 12.5. The number of benzene rings is 1. The molecule has 0 radical (unpaired) electrons. The number of imide groups is 1. The lowest BCUT2D eigenvalue weighted by molar-refractivity contribution is -0.274. The van der Waals surface area contributed by atoms with E-state index >= 15 is 0 Å². The van der Waals surface area contributed by atoms with E-state index in [4.69, 9.17) is 0 Å². The minimum absolute atomic E-state index is 0.104. The van der Waals surface area contributed by atoms with Crippen molar-refractivity contribution in [2.75, 3.05) is 7.05 Å². The van der Waals surface area contributed by atoms with Gasteiger partial charge in [-0.3, -0.25) is 15.1 Å². The first-order chi connectivity index (χ1) is 14.7. The van der Waals surface area contributed by atoms with Crippen molar-refractivity contribution in [3.63, 3.8) is 0 Å². The lowest BCUT2D eigenvalue weighted by atomic mass is 10.1. The molecule has 0 aliphatic heterocycles. The predicted molar refractivity (Wildman–Crippen MR) is 103 cm³/mol. The zero-order valence-corrected chi connectivity index (χ0v) is 16.3. The highest BCUT2D eigenvalue weighted by Gasteiger charge is 2.31. The van der Waals surface area contributed by atoms with E-state index in [2.05, 4.69) is 25.3 Å². The third-order valence-corrected chi connectivity index (χ3v) is 4.17. The van der Waals surface area contributed by atoms with Gasteiger partial charge in [0.05, 0.1) is 18.4 Å². The third-order valence-electron chi connectivity index (χ3n) is 4.17. The van der Waals surface area contributed by atoms with Gasteiger partial charge in [0, 0.05) is 19.7 Å². The summed E-state index contributed by atoms with van der Waals surface area (Å²) in [6.45, 7) is 0.172. The maximum Gasteiger partial charge on any atom is 0.573 e. The Labute approximate surface area is 175 Å². The van der Waals surface area contributed by atoms with Gasteiger partial charge in [-0.15, -0.1) is 13.2 Å². The standard InChI is InChI=1S/C20H18F3N5O3/c1-24-19(30)27-18(29)16-11-26-17(28(16)12-14-6-2-3-8-25-14)10-13-5-4-7-15(9-13)31-20(21,22)23/h2-9,11H,10,12H2,1H3,(H2,24,27,29,30). The number of alkyl halides is 3. The molecule has 3 amide bonds. The normalized spacial score (nSPS) is 11.1. The summed E-state index contributed by atoms with van der Waals surface area (Å²) in [6, 6.07) is 10.1. The molecule has 0 aliphatic carbocycles. The largest absolute Gasteiger partial charge is 0.573 e. The lowest BCUT2D eigenvalue weighted by Crippen LogP contribution is -2.38. The maximum atomic E-state index is 12.5. The summed E-state index contributed by atoms with van der Waals surface area (Å²) in [5.41, 5.74) is 1.23. The van der Waals surface area contributed by atoms with Crippen molar-refractivity contribution in [2.45, 2.75) is 19.3 Å². The zero-order valence-electron chi connectivity index (χ0n) is 16.3. The van der Waals surface area contributed by atoms with Crippen LogP contribution in [0.15, 0.2) is 54.9 Å². The molecule has 0 saturated heterocycles. The van der Waals surface area contributed by atoms with Crippen molar-refractivity contribution in [1.82, 2.24) is 25.2 Å². The van der Waals surface area contributed by atoms with E-state index in [0.717, 1.165) is 0 Å². The lowest BCUT2D eigenvalue weighted by Gasteiger charge is -2.13. The second-order valence-electron chi connectivity index (χ2n) is 6.37. The van der Waals surface area contributed by atoms with Crippen LogP contribution in [-0.4, -0.2) is 39.9 Å². The Morgan fingerprint density at radius 2 is 1.94 bits per heavy atom. The van der Waals surface area contributed by atoms with E-state index in [9.17, 15) is 22.8 Å². The summed E-state index contributed by atoms with van der Waals surface area (Å²) in [5.74, 6) is -0.634. The van der Waals surface area contributed by atoms with Crippen LogP contribution in [0.4, 0.5) is 18.0 Å². The number of hydrogen-bond donors (Lipinski definition) is 2. The first-order valence-corrected chi connectivity index (χ1v) is 9.07. The molecule has 31 heavy (non-hydrogen) atoms. The van der Waals surface area contributed by atoms with Crippen molar-refractivity contribution >= 4 is 11.9 Å². The van der Waals surface area contributed by atoms with Gasteiger partial charge in [0.25, 0.3) is 5.91 Å². The SMILES string of the molecule is CNC(=O)NC(=O)c1cnc(Cc2cccc(OC(F)(F)F)c2)n1Cc1ccccn1. The van der Waals surface area contributed by atoms with Crippen LogP contribution >= 0.6 is 0 Å². The number of rotatable bonds is 6. The fourth-order valence-corrected chi connectivity index (χ4v) is 2.83. The molecule has 0 bridgehead atoms. The third kappa shape index (κ3) is 6.04. The van der Waals surface area contributed by atoms with Gasteiger partial charge < -0.3 is 14.6 Å². The molecular formula is C20H18F3N5O3. The summed E-state index contributed by atoms with van der Waals surface area (Å²) in [6.07, 6.45) is -1.79. The smallest absolute Gasteiger partial charge is 0.406 e. The number of carbonyl (C=O) groups excluding carboxylic acids is 2. The molecule has 162 valence electrons. The number of carbonyl (C=O) groups is 2. The Morgan fingerprint density at radius 3 is 2.61 bits per heavy atom. The Hall–Kier alpha value is -3.89. The topological polar surface area (TPSA) is 98.1 Å². The van der Waals surface area contributed by atoms with Gasteiger partial charge in [0.1, 0.15) is 17.3 Å². The van der Waals surface area contributed by atoms with Gasteiger partial charge in [0.2, 0.25) is 0 Å². The van der Waals surface area contributed by atoms with Crippen LogP contribution in [0.3, 0.4) is 0 Å². The van der Waals surface area contributed by atoms with E-state index in [0.29, 0.717) is 17.1 Å². The average molecular weight is 433 g/mol. The van der Waals surface area contributed by atoms with Gasteiger partial charge in [0.15, 0.2) is 0 Å². The van der Waals surface area contributed by atoms with E-state index in [-0.39, 0.29) is 24.4 Å². The predicted octanol–water partition coefficient (Wildman–Crippen LogP) is 2.89.